The van der Waals surface area contributed by atoms with Crippen molar-refractivity contribution in [2.24, 2.45) is 4.99 Å². The second-order valence-corrected chi connectivity index (χ2v) is 8.78. The smallest absolute Gasteiger partial charge is 0.194 e. The van der Waals surface area contributed by atoms with E-state index in [1.54, 1.807) is 0 Å². The van der Waals surface area contributed by atoms with E-state index in [4.69, 9.17) is 9.73 Å². The summed E-state index contributed by atoms with van der Waals surface area (Å²) in [5, 5.41) is 3.52. The summed E-state index contributed by atoms with van der Waals surface area (Å²) in [7, 11) is 2.24. The fourth-order valence-electron chi connectivity index (χ4n) is 4.56. The SMILES string of the molecule is CCNC(=NCC(C)N(C)C1CC1)N1CC2OCCN(Cc3ccccc3)C2C1.I. The third-order valence-corrected chi connectivity index (χ3v) is 6.60. The number of likely N-dealkylation sites (N-methyl/N-ethyl adjacent to an activating group) is 1. The molecule has 2 saturated heterocycles. The number of fused-ring (bicyclic) bond motifs is 1. The summed E-state index contributed by atoms with van der Waals surface area (Å²) in [6.45, 7) is 10.9. The maximum absolute atomic E-state index is 6.16. The van der Waals surface area contributed by atoms with E-state index in [-0.39, 0.29) is 30.1 Å². The molecule has 2 heterocycles. The lowest BCUT2D eigenvalue weighted by Crippen LogP contribution is -2.50. The number of hydrogen-bond acceptors (Lipinski definition) is 4. The van der Waals surface area contributed by atoms with Crippen molar-refractivity contribution in [3.05, 3.63) is 35.9 Å². The zero-order valence-electron chi connectivity index (χ0n) is 18.7. The van der Waals surface area contributed by atoms with Gasteiger partial charge in [0.05, 0.1) is 25.3 Å². The summed E-state index contributed by atoms with van der Waals surface area (Å²) in [6.07, 6.45) is 2.95. The summed E-state index contributed by atoms with van der Waals surface area (Å²) in [4.78, 5) is 12.5. The van der Waals surface area contributed by atoms with E-state index < -0.39 is 0 Å². The molecule has 0 radical (unpaired) electrons. The van der Waals surface area contributed by atoms with E-state index in [1.807, 2.05) is 0 Å². The van der Waals surface area contributed by atoms with Gasteiger partial charge in [-0.1, -0.05) is 30.3 Å². The first-order chi connectivity index (χ1) is 14.2. The highest BCUT2D eigenvalue weighted by molar-refractivity contribution is 14.0. The van der Waals surface area contributed by atoms with Gasteiger partial charge in [-0.05, 0) is 39.3 Å². The molecule has 3 unspecified atom stereocenters. The van der Waals surface area contributed by atoms with Crippen LogP contribution in [0.25, 0.3) is 0 Å². The number of morpholine rings is 1. The normalized spacial score (nSPS) is 25.7. The van der Waals surface area contributed by atoms with E-state index in [2.05, 4.69) is 71.2 Å². The van der Waals surface area contributed by atoms with E-state index in [0.29, 0.717) is 12.1 Å². The van der Waals surface area contributed by atoms with E-state index in [1.165, 1.54) is 18.4 Å². The number of guanidine groups is 1. The zero-order chi connectivity index (χ0) is 20.2. The number of likely N-dealkylation sites (tertiary alicyclic amines) is 1. The van der Waals surface area contributed by atoms with E-state index in [9.17, 15) is 0 Å². The standard InChI is InChI=1S/C23H37N5O.HI/c1-4-24-23(25-14-18(2)26(3)20-10-11-20)28-16-21-22(17-28)29-13-12-27(21)15-19-8-6-5-7-9-19;/h5-9,18,20-22H,4,10-17H2,1-3H3,(H,24,25);1H. The molecule has 3 aliphatic rings. The van der Waals surface area contributed by atoms with Crippen LogP contribution in [-0.4, -0.2) is 91.3 Å². The maximum atomic E-state index is 6.16. The van der Waals surface area contributed by atoms with Gasteiger partial charge in [-0.3, -0.25) is 14.8 Å². The Kier molecular flexibility index (Phi) is 8.80. The number of halogens is 1. The molecule has 7 heteroatoms. The Hall–Kier alpha value is -0.900. The summed E-state index contributed by atoms with van der Waals surface area (Å²) in [6, 6.07) is 12.5. The summed E-state index contributed by atoms with van der Waals surface area (Å²) in [5.41, 5.74) is 1.38. The molecule has 0 aromatic heterocycles. The lowest BCUT2D eigenvalue weighted by Gasteiger charge is -2.36. The number of nitrogens with one attached hydrogen (secondary N) is 1. The third kappa shape index (κ3) is 5.87. The molecule has 2 aliphatic heterocycles. The van der Waals surface area contributed by atoms with Gasteiger partial charge in [0, 0.05) is 44.8 Å². The zero-order valence-corrected chi connectivity index (χ0v) is 21.0. The van der Waals surface area contributed by atoms with Crippen LogP contribution in [-0.2, 0) is 11.3 Å². The molecule has 0 spiro atoms. The molecule has 1 aromatic carbocycles. The molecule has 0 amide bonds. The fraction of sp³-hybridized carbons (Fsp3) is 0.696. The van der Waals surface area contributed by atoms with Gasteiger partial charge in [0.2, 0.25) is 0 Å². The van der Waals surface area contributed by atoms with Crippen LogP contribution in [0.4, 0.5) is 0 Å². The molecular formula is C23H38IN5O. The van der Waals surface area contributed by atoms with Crippen LogP contribution in [0.5, 0.6) is 0 Å². The molecule has 3 atom stereocenters. The lowest BCUT2D eigenvalue weighted by molar-refractivity contribution is -0.0502. The number of rotatable bonds is 7. The van der Waals surface area contributed by atoms with Crippen LogP contribution in [0.3, 0.4) is 0 Å². The van der Waals surface area contributed by atoms with Gasteiger partial charge in [0.25, 0.3) is 0 Å². The Labute approximate surface area is 199 Å². The predicted molar refractivity (Wildman–Crippen MR) is 134 cm³/mol. The van der Waals surface area contributed by atoms with Crippen molar-refractivity contribution in [2.45, 2.75) is 57.5 Å². The van der Waals surface area contributed by atoms with Crippen LogP contribution >= 0.6 is 24.0 Å². The Morgan fingerprint density at radius 2 is 2.03 bits per heavy atom. The average Bonchev–Trinajstić information content (AvgIpc) is 3.49. The Morgan fingerprint density at radius 1 is 1.27 bits per heavy atom. The van der Waals surface area contributed by atoms with Crippen LogP contribution < -0.4 is 5.32 Å². The second-order valence-electron chi connectivity index (χ2n) is 8.78. The van der Waals surface area contributed by atoms with Crippen molar-refractivity contribution in [3.8, 4) is 0 Å². The highest BCUT2D eigenvalue weighted by Crippen LogP contribution is 2.27. The van der Waals surface area contributed by atoms with E-state index >= 15 is 0 Å². The van der Waals surface area contributed by atoms with Crippen LogP contribution in [0.15, 0.2) is 35.3 Å². The summed E-state index contributed by atoms with van der Waals surface area (Å²) < 4.78 is 6.16. The largest absolute Gasteiger partial charge is 0.373 e. The molecule has 168 valence electrons. The van der Waals surface area contributed by atoms with Gasteiger partial charge in [0.15, 0.2) is 5.96 Å². The first-order valence-electron chi connectivity index (χ1n) is 11.3. The van der Waals surface area contributed by atoms with Crippen molar-refractivity contribution in [3.63, 3.8) is 0 Å². The molecule has 3 fully saturated rings. The van der Waals surface area contributed by atoms with Crippen molar-refractivity contribution < 1.29 is 4.74 Å². The molecule has 0 bridgehead atoms. The van der Waals surface area contributed by atoms with Crippen LogP contribution in [0.1, 0.15) is 32.3 Å². The highest BCUT2D eigenvalue weighted by atomic mass is 127. The third-order valence-electron chi connectivity index (χ3n) is 6.60. The lowest BCUT2D eigenvalue weighted by atomic mass is 10.1. The van der Waals surface area contributed by atoms with Crippen LogP contribution in [0.2, 0.25) is 0 Å². The molecule has 1 N–H and O–H groups in total. The minimum absolute atomic E-state index is 0. The predicted octanol–water partition coefficient (Wildman–Crippen LogP) is 2.64. The average molecular weight is 527 g/mol. The number of nitrogens with zero attached hydrogens (tertiary/aromatic N) is 4. The van der Waals surface area contributed by atoms with Crippen molar-refractivity contribution in [2.75, 3.05) is 46.4 Å². The second kappa shape index (κ2) is 11.1. The minimum Gasteiger partial charge on any atom is -0.373 e. The monoisotopic (exact) mass is 527 g/mol. The van der Waals surface area contributed by atoms with Crippen molar-refractivity contribution in [1.82, 2.24) is 20.0 Å². The van der Waals surface area contributed by atoms with Gasteiger partial charge < -0.3 is 15.0 Å². The van der Waals surface area contributed by atoms with Crippen molar-refractivity contribution in [1.29, 1.82) is 0 Å². The molecule has 6 nitrogen and oxygen atoms in total. The molecule has 1 saturated carbocycles. The molecule has 4 rings (SSSR count). The van der Waals surface area contributed by atoms with Gasteiger partial charge in [0.1, 0.15) is 0 Å². The number of ether oxygens (including phenoxy) is 1. The maximum Gasteiger partial charge on any atom is 0.194 e. The van der Waals surface area contributed by atoms with Crippen molar-refractivity contribution >= 4 is 29.9 Å². The first-order valence-corrected chi connectivity index (χ1v) is 11.3. The van der Waals surface area contributed by atoms with Crippen LogP contribution in [0, 0.1) is 0 Å². The van der Waals surface area contributed by atoms with Gasteiger partial charge >= 0.3 is 0 Å². The Morgan fingerprint density at radius 3 is 2.73 bits per heavy atom. The Balaban J connectivity index is 0.00000256. The molecule has 30 heavy (non-hydrogen) atoms. The van der Waals surface area contributed by atoms with Gasteiger partial charge in [-0.2, -0.15) is 0 Å². The summed E-state index contributed by atoms with van der Waals surface area (Å²) in [5.74, 6) is 1.04. The fourth-order valence-corrected chi connectivity index (χ4v) is 4.56. The topological polar surface area (TPSA) is 43.3 Å². The number of aliphatic imine (C=N–C) groups is 1. The van der Waals surface area contributed by atoms with Gasteiger partial charge in [-0.25, -0.2) is 0 Å². The number of benzene rings is 1. The summed E-state index contributed by atoms with van der Waals surface area (Å²) >= 11 is 0. The first kappa shape index (κ1) is 23.8. The molecular weight excluding hydrogens is 489 g/mol. The highest BCUT2D eigenvalue weighted by Gasteiger charge is 2.41. The van der Waals surface area contributed by atoms with Gasteiger partial charge in [-0.15, -0.1) is 24.0 Å². The molecule has 1 aliphatic carbocycles. The number of hydrogen-bond donors (Lipinski definition) is 1. The minimum atomic E-state index is 0. The Bertz CT molecular complexity index is 683. The van der Waals surface area contributed by atoms with E-state index in [0.717, 1.165) is 57.9 Å². The quantitative estimate of drug-likeness (QED) is 0.336. The molecule has 1 aromatic rings.